The van der Waals surface area contributed by atoms with Crippen LogP contribution in [0, 0.1) is 0 Å². The van der Waals surface area contributed by atoms with Crippen LogP contribution < -0.4 is 4.72 Å². The molecule has 0 aliphatic heterocycles. The van der Waals surface area contributed by atoms with Gasteiger partial charge in [-0.15, -0.1) is 0 Å². The highest BCUT2D eigenvalue weighted by molar-refractivity contribution is 7.89. The Balaban J connectivity index is 2.06. The van der Waals surface area contributed by atoms with E-state index in [2.05, 4.69) is 16.4 Å². The van der Waals surface area contributed by atoms with Crippen molar-refractivity contribution in [3.63, 3.8) is 0 Å². The highest BCUT2D eigenvalue weighted by atomic mass is 35.5. The summed E-state index contributed by atoms with van der Waals surface area (Å²) >= 11 is 5.89. The largest absolute Gasteiger partial charge is 0.469 e. The van der Waals surface area contributed by atoms with Gasteiger partial charge in [-0.1, -0.05) is 62.1 Å². The molecule has 170 valence electrons. The molecule has 2 aromatic carbocycles. The number of carbonyl (C=O) groups is 1. The monoisotopic (exact) mass is 465 g/mol. The number of rotatable bonds is 13. The Morgan fingerprint density at radius 1 is 1.00 bits per heavy atom. The third-order valence-corrected chi connectivity index (χ3v) is 6.96. The van der Waals surface area contributed by atoms with Crippen LogP contribution in [0.1, 0.15) is 69.0 Å². The predicted molar refractivity (Wildman–Crippen MR) is 125 cm³/mol. The van der Waals surface area contributed by atoms with Crippen LogP contribution in [0.3, 0.4) is 0 Å². The quantitative estimate of drug-likeness (QED) is 0.298. The van der Waals surface area contributed by atoms with Crippen molar-refractivity contribution in [3.8, 4) is 0 Å². The molecule has 1 atom stereocenters. The number of nitrogens with one attached hydrogen (secondary N) is 1. The van der Waals surface area contributed by atoms with Crippen molar-refractivity contribution in [2.45, 2.75) is 69.2 Å². The first-order valence-electron chi connectivity index (χ1n) is 10.8. The molecule has 0 spiro atoms. The molecule has 7 heteroatoms. The minimum atomic E-state index is -3.65. The highest BCUT2D eigenvalue weighted by Gasteiger charge is 2.21. The second-order valence-electron chi connectivity index (χ2n) is 7.65. The number of benzene rings is 2. The SMILES string of the molecule is CCCCCC(NS(=O)(=O)c1ccc(Cl)cc1)c1ccc(CCCCC(=O)OC)cc1. The van der Waals surface area contributed by atoms with Crippen molar-refractivity contribution >= 4 is 27.6 Å². The summed E-state index contributed by atoms with van der Waals surface area (Å²) < 4.78 is 33.3. The lowest BCUT2D eigenvalue weighted by atomic mass is 9.98. The number of esters is 1. The van der Waals surface area contributed by atoms with E-state index < -0.39 is 10.0 Å². The molecule has 0 aliphatic rings. The van der Waals surface area contributed by atoms with Gasteiger partial charge in [0, 0.05) is 17.5 Å². The maximum atomic E-state index is 12.9. The van der Waals surface area contributed by atoms with Gasteiger partial charge in [-0.25, -0.2) is 13.1 Å². The Hall–Kier alpha value is -1.89. The van der Waals surface area contributed by atoms with E-state index in [4.69, 9.17) is 11.6 Å². The van der Waals surface area contributed by atoms with Crippen molar-refractivity contribution in [2.24, 2.45) is 0 Å². The molecule has 0 aliphatic carbocycles. The summed E-state index contributed by atoms with van der Waals surface area (Å²) in [5.41, 5.74) is 2.12. The fraction of sp³-hybridized carbons (Fsp3) is 0.458. The fourth-order valence-electron chi connectivity index (χ4n) is 3.38. The van der Waals surface area contributed by atoms with Crippen LogP contribution in [0.15, 0.2) is 53.4 Å². The summed E-state index contributed by atoms with van der Waals surface area (Å²) in [5.74, 6) is -0.182. The second-order valence-corrected chi connectivity index (χ2v) is 9.80. The molecule has 0 fully saturated rings. The van der Waals surface area contributed by atoms with Gasteiger partial charge in [0.05, 0.1) is 12.0 Å². The van der Waals surface area contributed by atoms with E-state index in [1.54, 1.807) is 12.1 Å². The third-order valence-electron chi connectivity index (χ3n) is 5.22. The van der Waals surface area contributed by atoms with Crippen molar-refractivity contribution in [1.82, 2.24) is 4.72 Å². The van der Waals surface area contributed by atoms with Crippen molar-refractivity contribution in [2.75, 3.05) is 7.11 Å². The summed E-state index contributed by atoms with van der Waals surface area (Å²) in [6.07, 6.45) is 6.79. The molecule has 31 heavy (non-hydrogen) atoms. The molecule has 0 bridgehead atoms. The summed E-state index contributed by atoms with van der Waals surface area (Å²) in [6.45, 7) is 2.13. The van der Waals surface area contributed by atoms with Gasteiger partial charge < -0.3 is 4.74 Å². The Kier molecular flexibility index (Phi) is 10.5. The van der Waals surface area contributed by atoms with Crippen molar-refractivity contribution in [1.29, 1.82) is 0 Å². The zero-order valence-corrected chi connectivity index (χ0v) is 19.8. The molecule has 1 N–H and O–H groups in total. The van der Waals surface area contributed by atoms with Crippen LogP contribution in [0.2, 0.25) is 5.02 Å². The van der Waals surface area contributed by atoms with Gasteiger partial charge in [0.1, 0.15) is 0 Å². The van der Waals surface area contributed by atoms with Crippen LogP contribution in [-0.4, -0.2) is 21.5 Å². The van der Waals surface area contributed by atoms with E-state index >= 15 is 0 Å². The molecule has 0 aromatic heterocycles. The molecule has 0 saturated heterocycles. The van der Waals surface area contributed by atoms with Crippen molar-refractivity contribution in [3.05, 3.63) is 64.7 Å². The maximum Gasteiger partial charge on any atom is 0.305 e. The van der Waals surface area contributed by atoms with Crippen molar-refractivity contribution < 1.29 is 17.9 Å². The normalized spacial score (nSPS) is 12.5. The zero-order valence-electron chi connectivity index (χ0n) is 18.3. The van der Waals surface area contributed by atoms with Crippen LogP contribution in [0.5, 0.6) is 0 Å². The lowest BCUT2D eigenvalue weighted by Crippen LogP contribution is -2.28. The smallest absolute Gasteiger partial charge is 0.305 e. The number of ether oxygens (including phenoxy) is 1. The second kappa shape index (κ2) is 12.8. The van der Waals surface area contributed by atoms with Crippen LogP contribution in [-0.2, 0) is 26.0 Å². The number of hydrogen-bond acceptors (Lipinski definition) is 4. The van der Waals surface area contributed by atoms with Crippen LogP contribution in [0.4, 0.5) is 0 Å². The molecular formula is C24H32ClNO4S. The highest BCUT2D eigenvalue weighted by Crippen LogP contribution is 2.24. The topological polar surface area (TPSA) is 72.5 Å². The Morgan fingerprint density at radius 2 is 1.68 bits per heavy atom. The van der Waals surface area contributed by atoms with Gasteiger partial charge in [0.15, 0.2) is 0 Å². The Bertz CT molecular complexity index is 912. The van der Waals surface area contributed by atoms with Gasteiger partial charge in [-0.3, -0.25) is 4.79 Å². The molecule has 0 heterocycles. The zero-order chi connectivity index (χ0) is 22.7. The number of methoxy groups -OCH3 is 1. The first kappa shape index (κ1) is 25.4. The number of hydrogen-bond donors (Lipinski definition) is 1. The van der Waals surface area contributed by atoms with Gasteiger partial charge in [-0.05, 0) is 61.1 Å². The number of carbonyl (C=O) groups excluding carboxylic acids is 1. The van der Waals surface area contributed by atoms with E-state index in [1.807, 2.05) is 24.3 Å². The Labute approximate surface area is 191 Å². The van der Waals surface area contributed by atoms with E-state index in [0.717, 1.165) is 50.5 Å². The minimum absolute atomic E-state index is 0.182. The number of sulfonamides is 1. The molecule has 2 aromatic rings. The van der Waals surface area contributed by atoms with E-state index in [1.165, 1.54) is 24.8 Å². The minimum Gasteiger partial charge on any atom is -0.469 e. The molecule has 1 unspecified atom stereocenters. The molecule has 2 rings (SSSR count). The van der Waals surface area contributed by atoms with Crippen LogP contribution >= 0.6 is 11.6 Å². The Morgan fingerprint density at radius 3 is 2.29 bits per heavy atom. The molecule has 5 nitrogen and oxygen atoms in total. The molecule has 0 radical (unpaired) electrons. The van der Waals surface area contributed by atoms with Gasteiger partial charge >= 0.3 is 5.97 Å². The standard InChI is InChI=1S/C24H32ClNO4S/c1-3-4-5-9-23(26-31(28,29)22-17-15-21(25)16-18-22)20-13-11-19(12-14-20)8-6-7-10-24(27)30-2/h11-18,23,26H,3-10H2,1-2H3. The summed E-state index contributed by atoms with van der Waals surface area (Å²) in [6, 6.07) is 14.0. The third kappa shape index (κ3) is 8.63. The number of halogens is 1. The van der Waals surface area contributed by atoms with Gasteiger partial charge in [0.25, 0.3) is 0 Å². The lowest BCUT2D eigenvalue weighted by Gasteiger charge is -2.20. The van der Waals surface area contributed by atoms with E-state index in [0.29, 0.717) is 11.4 Å². The fourth-order valence-corrected chi connectivity index (χ4v) is 4.76. The first-order valence-corrected chi connectivity index (χ1v) is 12.7. The lowest BCUT2D eigenvalue weighted by molar-refractivity contribution is -0.140. The molecule has 0 amide bonds. The first-order chi connectivity index (χ1) is 14.9. The number of unbranched alkanes of at least 4 members (excludes halogenated alkanes) is 3. The van der Waals surface area contributed by atoms with Gasteiger partial charge in [0.2, 0.25) is 10.0 Å². The predicted octanol–water partition coefficient (Wildman–Crippen LogP) is 5.83. The molecular weight excluding hydrogens is 434 g/mol. The molecule has 0 saturated carbocycles. The van der Waals surface area contributed by atoms with Crippen LogP contribution in [0.25, 0.3) is 0 Å². The summed E-state index contributed by atoms with van der Waals surface area (Å²) in [7, 11) is -2.25. The average molecular weight is 466 g/mol. The maximum absolute atomic E-state index is 12.9. The average Bonchev–Trinajstić information content (AvgIpc) is 2.76. The number of aryl methyl sites for hydroxylation is 1. The summed E-state index contributed by atoms with van der Waals surface area (Å²) in [5, 5.41) is 0.501. The van der Waals surface area contributed by atoms with Gasteiger partial charge in [-0.2, -0.15) is 0 Å². The summed E-state index contributed by atoms with van der Waals surface area (Å²) in [4.78, 5) is 11.4. The van der Waals surface area contributed by atoms with E-state index in [-0.39, 0.29) is 16.9 Å². The van der Waals surface area contributed by atoms with E-state index in [9.17, 15) is 13.2 Å².